The number of amides is 1. The zero-order valence-electron chi connectivity index (χ0n) is 18.5. The van der Waals surface area contributed by atoms with Gasteiger partial charge < -0.3 is 14.4 Å². The van der Waals surface area contributed by atoms with Crippen LogP contribution in [0, 0.1) is 0 Å². The zero-order valence-corrected chi connectivity index (χ0v) is 18.5. The number of aryl methyl sites for hydroxylation is 1. The topological polar surface area (TPSA) is 99.4 Å². The summed E-state index contributed by atoms with van der Waals surface area (Å²) in [5.74, 6) is 0.569. The van der Waals surface area contributed by atoms with Crippen LogP contribution in [0.1, 0.15) is 69.1 Å². The van der Waals surface area contributed by atoms with Gasteiger partial charge in [0.25, 0.3) is 5.91 Å². The summed E-state index contributed by atoms with van der Waals surface area (Å²) in [7, 11) is 0. The van der Waals surface area contributed by atoms with E-state index in [0.29, 0.717) is 23.7 Å². The standard InChI is InChI=1S/C22H31N5O4/c1-4-5-13-26-20(23-24-25-26)14-31-22(29)18-9-11-19(12-10-18)30-15-21(28)27-16(2)7-6-8-17(27)3/h9-12,16-17H,4-8,13-15H2,1-3H3/t16-,17+. The molecule has 2 aromatic rings. The lowest BCUT2D eigenvalue weighted by atomic mass is 9.97. The van der Waals surface area contributed by atoms with Crippen molar-refractivity contribution in [3.63, 3.8) is 0 Å². The number of likely N-dealkylation sites (tertiary alicyclic amines) is 1. The third kappa shape index (κ3) is 6.02. The fraction of sp³-hybridized carbons (Fsp3) is 0.591. The third-order valence-corrected chi connectivity index (χ3v) is 5.60. The van der Waals surface area contributed by atoms with Crippen LogP contribution in [-0.2, 0) is 22.7 Å². The fourth-order valence-electron chi connectivity index (χ4n) is 3.84. The van der Waals surface area contributed by atoms with Gasteiger partial charge in [-0.3, -0.25) is 4.79 Å². The minimum atomic E-state index is -0.469. The van der Waals surface area contributed by atoms with Crippen molar-refractivity contribution in [3.05, 3.63) is 35.7 Å². The summed E-state index contributed by atoms with van der Waals surface area (Å²) in [6, 6.07) is 7.04. The number of benzene rings is 1. The molecule has 0 spiro atoms. The van der Waals surface area contributed by atoms with Crippen molar-refractivity contribution in [2.75, 3.05) is 6.61 Å². The van der Waals surface area contributed by atoms with E-state index in [1.165, 1.54) is 0 Å². The molecule has 0 radical (unpaired) electrons. The number of carbonyl (C=O) groups excluding carboxylic acids is 2. The van der Waals surface area contributed by atoms with Gasteiger partial charge in [-0.1, -0.05) is 13.3 Å². The van der Waals surface area contributed by atoms with Crippen LogP contribution in [0.3, 0.4) is 0 Å². The number of aromatic nitrogens is 4. The van der Waals surface area contributed by atoms with Crippen molar-refractivity contribution >= 4 is 11.9 Å². The molecule has 1 fully saturated rings. The van der Waals surface area contributed by atoms with E-state index in [1.54, 1.807) is 28.9 Å². The van der Waals surface area contributed by atoms with Crippen LogP contribution in [0.2, 0.25) is 0 Å². The van der Waals surface area contributed by atoms with Gasteiger partial charge >= 0.3 is 5.97 Å². The molecule has 1 aromatic heterocycles. The molecule has 1 aromatic carbocycles. The van der Waals surface area contributed by atoms with E-state index in [-0.39, 0.29) is 31.2 Å². The Bertz CT molecular complexity index is 857. The number of ether oxygens (including phenoxy) is 2. The fourth-order valence-corrected chi connectivity index (χ4v) is 3.84. The van der Waals surface area contributed by atoms with Crippen LogP contribution in [-0.4, -0.2) is 55.7 Å². The number of nitrogens with zero attached hydrogens (tertiary/aromatic N) is 5. The normalized spacial score (nSPS) is 18.6. The van der Waals surface area contributed by atoms with Crippen molar-refractivity contribution in [3.8, 4) is 5.75 Å². The number of rotatable bonds is 9. The van der Waals surface area contributed by atoms with Gasteiger partial charge in [-0.2, -0.15) is 0 Å². The Morgan fingerprint density at radius 2 is 1.84 bits per heavy atom. The maximum Gasteiger partial charge on any atom is 0.338 e. The van der Waals surface area contributed by atoms with E-state index < -0.39 is 5.97 Å². The minimum absolute atomic E-state index is 0.00844. The number of tetrazole rings is 1. The second-order valence-electron chi connectivity index (χ2n) is 7.99. The molecule has 9 heteroatoms. The molecule has 168 valence electrons. The predicted octanol–water partition coefficient (Wildman–Crippen LogP) is 3.00. The Labute approximate surface area is 182 Å². The highest BCUT2D eigenvalue weighted by molar-refractivity contribution is 5.89. The van der Waals surface area contributed by atoms with Crippen molar-refractivity contribution in [1.29, 1.82) is 0 Å². The zero-order chi connectivity index (χ0) is 22.2. The molecule has 3 rings (SSSR count). The first-order valence-electron chi connectivity index (χ1n) is 11.0. The number of carbonyl (C=O) groups is 2. The van der Waals surface area contributed by atoms with Crippen LogP contribution in [0.4, 0.5) is 0 Å². The van der Waals surface area contributed by atoms with Crippen molar-refractivity contribution in [1.82, 2.24) is 25.1 Å². The van der Waals surface area contributed by atoms with E-state index in [1.807, 2.05) is 4.90 Å². The highest BCUT2D eigenvalue weighted by Gasteiger charge is 2.29. The van der Waals surface area contributed by atoms with Crippen molar-refractivity contribution in [2.24, 2.45) is 0 Å². The van der Waals surface area contributed by atoms with Crippen molar-refractivity contribution < 1.29 is 19.1 Å². The largest absolute Gasteiger partial charge is 0.484 e. The molecule has 31 heavy (non-hydrogen) atoms. The third-order valence-electron chi connectivity index (χ3n) is 5.60. The summed E-state index contributed by atoms with van der Waals surface area (Å²) in [6.07, 6.45) is 5.18. The molecule has 0 unspecified atom stereocenters. The van der Waals surface area contributed by atoms with E-state index in [2.05, 4.69) is 36.3 Å². The van der Waals surface area contributed by atoms with Crippen LogP contribution >= 0.6 is 0 Å². The molecule has 0 N–H and O–H groups in total. The first-order chi connectivity index (χ1) is 15.0. The number of esters is 1. The number of hydrogen-bond donors (Lipinski definition) is 0. The summed E-state index contributed by atoms with van der Waals surface area (Å²) in [5.41, 5.74) is 0.393. The van der Waals surface area contributed by atoms with Crippen LogP contribution in [0.15, 0.2) is 24.3 Å². The second kappa shape index (κ2) is 10.9. The van der Waals surface area contributed by atoms with E-state index in [4.69, 9.17) is 9.47 Å². The molecule has 1 saturated heterocycles. The van der Waals surface area contributed by atoms with Gasteiger partial charge in [-0.05, 0) is 74.2 Å². The van der Waals surface area contributed by atoms with E-state index >= 15 is 0 Å². The first kappa shape index (κ1) is 22.7. The Hall–Kier alpha value is -2.97. The molecule has 0 saturated carbocycles. The number of piperidine rings is 1. The molecule has 1 aliphatic rings. The van der Waals surface area contributed by atoms with Crippen LogP contribution in [0.5, 0.6) is 5.75 Å². The smallest absolute Gasteiger partial charge is 0.338 e. The first-order valence-corrected chi connectivity index (χ1v) is 11.0. The summed E-state index contributed by atoms with van der Waals surface area (Å²) < 4.78 is 12.6. The molecule has 0 bridgehead atoms. The SMILES string of the molecule is CCCCn1nnnc1COC(=O)c1ccc(OCC(=O)N2[C@H](C)CCC[C@@H]2C)cc1. The average Bonchev–Trinajstić information content (AvgIpc) is 3.22. The Morgan fingerprint density at radius 1 is 1.13 bits per heavy atom. The van der Waals surface area contributed by atoms with Gasteiger partial charge in [0.1, 0.15) is 5.75 Å². The van der Waals surface area contributed by atoms with E-state index in [0.717, 1.165) is 32.1 Å². The van der Waals surface area contributed by atoms with Gasteiger partial charge in [-0.15, -0.1) is 5.10 Å². The predicted molar refractivity (Wildman–Crippen MR) is 113 cm³/mol. The number of hydrogen-bond acceptors (Lipinski definition) is 7. The molecular formula is C22H31N5O4. The summed E-state index contributed by atoms with van der Waals surface area (Å²) in [6.45, 7) is 6.93. The van der Waals surface area contributed by atoms with Gasteiger partial charge in [0, 0.05) is 18.6 Å². The molecule has 1 aliphatic heterocycles. The van der Waals surface area contributed by atoms with Crippen LogP contribution < -0.4 is 4.74 Å². The van der Waals surface area contributed by atoms with E-state index in [9.17, 15) is 9.59 Å². The quantitative estimate of drug-likeness (QED) is 0.565. The molecule has 2 heterocycles. The molecule has 0 aliphatic carbocycles. The van der Waals surface area contributed by atoms with Gasteiger partial charge in [0.2, 0.25) is 0 Å². The maximum atomic E-state index is 12.6. The molecule has 1 amide bonds. The lowest BCUT2D eigenvalue weighted by molar-refractivity contribution is -0.139. The second-order valence-corrected chi connectivity index (χ2v) is 7.99. The summed E-state index contributed by atoms with van der Waals surface area (Å²) >= 11 is 0. The van der Waals surface area contributed by atoms with Crippen LogP contribution in [0.25, 0.3) is 0 Å². The maximum absolute atomic E-state index is 12.6. The lowest BCUT2D eigenvalue weighted by Crippen LogP contribution is -2.49. The van der Waals surface area contributed by atoms with Crippen molar-refractivity contribution in [2.45, 2.75) is 78.1 Å². The molecular weight excluding hydrogens is 398 g/mol. The lowest BCUT2D eigenvalue weighted by Gasteiger charge is -2.38. The average molecular weight is 430 g/mol. The highest BCUT2D eigenvalue weighted by Crippen LogP contribution is 2.23. The van der Waals surface area contributed by atoms with Gasteiger partial charge in [0.15, 0.2) is 19.0 Å². The van der Waals surface area contributed by atoms with Gasteiger partial charge in [0.05, 0.1) is 5.56 Å². The molecule has 9 nitrogen and oxygen atoms in total. The highest BCUT2D eigenvalue weighted by atomic mass is 16.5. The minimum Gasteiger partial charge on any atom is -0.484 e. The Kier molecular flexibility index (Phi) is 7.97. The van der Waals surface area contributed by atoms with Gasteiger partial charge in [-0.25, -0.2) is 9.48 Å². The summed E-state index contributed by atoms with van der Waals surface area (Å²) in [5, 5.41) is 11.5. The Morgan fingerprint density at radius 3 is 2.52 bits per heavy atom. The number of unbranched alkanes of at least 4 members (excludes halogenated alkanes) is 1. The summed E-state index contributed by atoms with van der Waals surface area (Å²) in [4.78, 5) is 26.8. The monoisotopic (exact) mass is 429 g/mol. The Balaban J connectivity index is 1.49. The molecule has 2 atom stereocenters.